The van der Waals surface area contributed by atoms with E-state index in [0.29, 0.717) is 22.3 Å². The van der Waals surface area contributed by atoms with E-state index in [4.69, 9.17) is 9.47 Å². The molecule has 0 aliphatic carbocycles. The number of methoxy groups -OCH3 is 2. The van der Waals surface area contributed by atoms with Gasteiger partial charge < -0.3 is 19.0 Å². The first kappa shape index (κ1) is 10.4. The monoisotopic (exact) mass is 222 g/mol. The minimum Gasteiger partial charge on any atom is -0.493 e. The maximum Gasteiger partial charge on any atom is 0.339 e. The van der Waals surface area contributed by atoms with E-state index in [1.54, 1.807) is 12.1 Å². The Hall–Kier alpha value is -2.17. The molecule has 1 heterocycles. The minimum atomic E-state index is -0.614. The van der Waals surface area contributed by atoms with Gasteiger partial charge >= 0.3 is 5.63 Å². The van der Waals surface area contributed by atoms with Gasteiger partial charge in [0.2, 0.25) is 0 Å². The lowest BCUT2D eigenvalue weighted by atomic mass is 10.1. The summed E-state index contributed by atoms with van der Waals surface area (Å²) >= 11 is 0. The van der Waals surface area contributed by atoms with Gasteiger partial charge in [0.1, 0.15) is 0 Å². The van der Waals surface area contributed by atoms with E-state index in [-0.39, 0.29) is 0 Å². The molecule has 0 aliphatic rings. The number of hydrogen-bond acceptors (Lipinski definition) is 5. The average molecular weight is 222 g/mol. The van der Waals surface area contributed by atoms with Gasteiger partial charge in [-0.2, -0.15) is 0 Å². The Labute approximate surface area is 90.8 Å². The van der Waals surface area contributed by atoms with Crippen molar-refractivity contribution in [2.75, 3.05) is 14.2 Å². The lowest BCUT2D eigenvalue weighted by Crippen LogP contribution is -1.97. The molecule has 0 unspecified atom stereocenters. The summed E-state index contributed by atoms with van der Waals surface area (Å²) in [6.45, 7) is 0. The van der Waals surface area contributed by atoms with E-state index in [2.05, 4.69) is 4.42 Å². The van der Waals surface area contributed by atoms with Gasteiger partial charge in [0, 0.05) is 6.07 Å². The molecule has 0 aliphatic heterocycles. The summed E-state index contributed by atoms with van der Waals surface area (Å²) in [5.41, 5.74) is -0.614. The smallest absolute Gasteiger partial charge is 0.339 e. The third-order valence-electron chi connectivity index (χ3n) is 2.26. The number of hydrogen-bond donors (Lipinski definition) is 1. The number of fused-ring (bicyclic) bond motifs is 1. The third kappa shape index (κ3) is 1.56. The van der Waals surface area contributed by atoms with Crippen molar-refractivity contribution < 1.29 is 19.0 Å². The molecule has 0 fully saturated rings. The van der Waals surface area contributed by atoms with Crippen molar-refractivity contribution in [1.29, 1.82) is 0 Å². The number of benzene rings is 1. The molecule has 5 nitrogen and oxygen atoms in total. The molecular weight excluding hydrogens is 212 g/mol. The van der Waals surface area contributed by atoms with Gasteiger partial charge in [-0.1, -0.05) is 0 Å². The van der Waals surface area contributed by atoms with Crippen molar-refractivity contribution in [2.24, 2.45) is 0 Å². The van der Waals surface area contributed by atoms with Crippen LogP contribution in [0.15, 0.2) is 27.4 Å². The predicted octanol–water partition coefficient (Wildman–Crippen LogP) is 1.52. The molecule has 0 bridgehead atoms. The van der Waals surface area contributed by atoms with Crippen LogP contribution in [-0.2, 0) is 0 Å². The zero-order valence-corrected chi connectivity index (χ0v) is 8.81. The van der Waals surface area contributed by atoms with E-state index in [1.165, 1.54) is 20.3 Å². The molecule has 84 valence electrons. The first-order valence-corrected chi connectivity index (χ1v) is 4.54. The molecular formula is C11H10O5. The molecule has 5 heteroatoms. The fourth-order valence-electron chi connectivity index (χ4n) is 1.51. The van der Waals surface area contributed by atoms with E-state index in [0.717, 1.165) is 0 Å². The van der Waals surface area contributed by atoms with Crippen LogP contribution in [0.25, 0.3) is 10.8 Å². The Morgan fingerprint density at radius 3 is 2.38 bits per heavy atom. The van der Waals surface area contributed by atoms with Crippen LogP contribution in [0, 0.1) is 0 Å². The predicted molar refractivity (Wildman–Crippen MR) is 57.3 cm³/mol. The van der Waals surface area contributed by atoms with Crippen molar-refractivity contribution in [3.05, 3.63) is 28.6 Å². The highest BCUT2D eigenvalue weighted by molar-refractivity contribution is 5.88. The highest BCUT2D eigenvalue weighted by Gasteiger charge is 2.10. The first-order chi connectivity index (χ1) is 7.65. The van der Waals surface area contributed by atoms with Crippen molar-refractivity contribution in [2.45, 2.75) is 0 Å². The molecule has 0 amide bonds. The Balaban J connectivity index is 2.83. The highest BCUT2D eigenvalue weighted by atomic mass is 16.5. The van der Waals surface area contributed by atoms with Gasteiger partial charge in [-0.15, -0.1) is 0 Å². The quantitative estimate of drug-likeness (QED) is 0.834. The van der Waals surface area contributed by atoms with Crippen LogP contribution in [0.2, 0.25) is 0 Å². The van der Waals surface area contributed by atoms with Crippen molar-refractivity contribution >= 4 is 10.8 Å². The largest absolute Gasteiger partial charge is 0.493 e. The molecule has 1 aromatic carbocycles. The topological polar surface area (TPSA) is 68.9 Å². The molecule has 2 aromatic rings. The van der Waals surface area contributed by atoms with Crippen LogP contribution >= 0.6 is 0 Å². The van der Waals surface area contributed by atoms with Crippen LogP contribution in [0.5, 0.6) is 17.4 Å². The van der Waals surface area contributed by atoms with Crippen LogP contribution in [0.3, 0.4) is 0 Å². The van der Waals surface area contributed by atoms with Gasteiger partial charge in [-0.05, 0) is 17.5 Å². The Bertz CT molecular complexity index is 585. The Morgan fingerprint density at radius 2 is 1.75 bits per heavy atom. The maximum absolute atomic E-state index is 11.1. The molecule has 1 aromatic heterocycles. The SMILES string of the molecule is COc1cc2cc(=O)oc(O)c2cc1OC. The van der Waals surface area contributed by atoms with Crippen LogP contribution < -0.4 is 15.1 Å². The molecule has 2 rings (SSSR count). The van der Waals surface area contributed by atoms with Gasteiger partial charge in [-0.3, -0.25) is 0 Å². The minimum absolute atomic E-state index is 0.400. The second kappa shape index (κ2) is 3.77. The van der Waals surface area contributed by atoms with Crippen LogP contribution in [-0.4, -0.2) is 19.3 Å². The Kier molecular flexibility index (Phi) is 2.44. The van der Waals surface area contributed by atoms with Gasteiger partial charge in [-0.25, -0.2) is 4.79 Å². The van der Waals surface area contributed by atoms with Gasteiger partial charge in [0.05, 0.1) is 19.6 Å². The second-order valence-corrected chi connectivity index (χ2v) is 3.17. The van der Waals surface area contributed by atoms with E-state index in [9.17, 15) is 9.90 Å². The summed E-state index contributed by atoms with van der Waals surface area (Å²) < 4.78 is 14.7. The third-order valence-corrected chi connectivity index (χ3v) is 2.26. The maximum atomic E-state index is 11.1. The summed E-state index contributed by atoms with van der Waals surface area (Å²) in [7, 11) is 2.98. The molecule has 0 atom stereocenters. The fraction of sp³-hybridized carbons (Fsp3) is 0.182. The molecule has 0 saturated heterocycles. The van der Waals surface area contributed by atoms with Crippen LogP contribution in [0.4, 0.5) is 0 Å². The fourth-order valence-corrected chi connectivity index (χ4v) is 1.51. The number of rotatable bonds is 2. The Morgan fingerprint density at radius 1 is 1.12 bits per heavy atom. The van der Waals surface area contributed by atoms with Crippen molar-refractivity contribution in [3.8, 4) is 17.4 Å². The zero-order chi connectivity index (χ0) is 11.7. The molecule has 16 heavy (non-hydrogen) atoms. The van der Waals surface area contributed by atoms with Crippen molar-refractivity contribution in [3.63, 3.8) is 0 Å². The molecule has 1 N–H and O–H groups in total. The average Bonchev–Trinajstić information content (AvgIpc) is 2.27. The summed E-state index contributed by atoms with van der Waals surface area (Å²) in [6.07, 6.45) is 0. The number of ether oxygens (including phenoxy) is 2. The van der Waals surface area contributed by atoms with E-state index < -0.39 is 11.6 Å². The van der Waals surface area contributed by atoms with E-state index >= 15 is 0 Å². The van der Waals surface area contributed by atoms with Gasteiger partial charge in [0.25, 0.3) is 5.95 Å². The van der Waals surface area contributed by atoms with Gasteiger partial charge in [0.15, 0.2) is 11.5 Å². The van der Waals surface area contributed by atoms with E-state index in [1.807, 2.05) is 0 Å². The number of aromatic hydroxyl groups is 1. The molecule has 0 spiro atoms. The molecule has 0 saturated carbocycles. The summed E-state index contributed by atoms with van der Waals surface area (Å²) in [5.74, 6) is 0.516. The normalized spacial score (nSPS) is 10.4. The second-order valence-electron chi connectivity index (χ2n) is 3.17. The van der Waals surface area contributed by atoms with Crippen molar-refractivity contribution in [1.82, 2.24) is 0 Å². The lowest BCUT2D eigenvalue weighted by Gasteiger charge is -2.08. The summed E-state index contributed by atoms with van der Waals surface area (Å²) in [5, 5.41) is 10.4. The first-order valence-electron chi connectivity index (χ1n) is 4.54. The summed E-state index contributed by atoms with van der Waals surface area (Å²) in [4.78, 5) is 11.1. The standard InChI is InChI=1S/C11H10O5/c1-14-8-3-6-4-10(12)16-11(13)7(6)5-9(8)15-2/h3-5,13H,1-2H3. The summed E-state index contributed by atoms with van der Waals surface area (Å²) in [6, 6.07) is 4.42. The zero-order valence-electron chi connectivity index (χ0n) is 8.81. The van der Waals surface area contributed by atoms with Crippen LogP contribution in [0.1, 0.15) is 0 Å². The molecule has 0 radical (unpaired) electrons. The highest BCUT2D eigenvalue weighted by Crippen LogP contribution is 2.34. The lowest BCUT2D eigenvalue weighted by molar-refractivity contribution is 0.316.